The molecule has 0 amide bonds. The van der Waals surface area contributed by atoms with Crippen molar-refractivity contribution in [3.8, 4) is 5.75 Å². The molecule has 0 radical (unpaired) electrons. The minimum Gasteiger partial charge on any atom is -0.490 e. The molecule has 0 saturated carbocycles. The number of rotatable bonds is 4. The van der Waals surface area contributed by atoms with Gasteiger partial charge in [0.15, 0.2) is 0 Å². The summed E-state index contributed by atoms with van der Waals surface area (Å²) in [5, 5.41) is 10.1. The number of para-hydroxylation sites is 1. The number of benzene rings is 1. The third kappa shape index (κ3) is 3.38. The second-order valence-corrected chi connectivity index (χ2v) is 7.13. The molecule has 2 aliphatic heterocycles. The summed E-state index contributed by atoms with van der Waals surface area (Å²) in [6, 6.07) is 7.87. The quantitative estimate of drug-likeness (QED) is 0.923. The van der Waals surface area contributed by atoms with E-state index in [4.69, 9.17) is 9.47 Å². The second kappa shape index (κ2) is 6.59. The number of aliphatic hydroxyl groups is 1. The number of ether oxygens (including phenoxy) is 2. The van der Waals surface area contributed by atoms with Gasteiger partial charge >= 0.3 is 0 Å². The molecular formula is C17H24O3S. The Hall–Kier alpha value is -0.710. The summed E-state index contributed by atoms with van der Waals surface area (Å²) in [7, 11) is 0. The van der Waals surface area contributed by atoms with E-state index in [-0.39, 0.29) is 11.7 Å². The number of hydrogen-bond acceptors (Lipinski definition) is 4. The Morgan fingerprint density at radius 2 is 2.33 bits per heavy atom. The maximum Gasteiger partial charge on any atom is 0.125 e. The molecule has 0 aliphatic carbocycles. The lowest BCUT2D eigenvalue weighted by atomic mass is 9.91. The summed E-state index contributed by atoms with van der Waals surface area (Å²) in [5.41, 5.74) is 0.938. The van der Waals surface area contributed by atoms with Gasteiger partial charge in [0, 0.05) is 24.2 Å². The van der Waals surface area contributed by atoms with E-state index in [0.29, 0.717) is 6.42 Å². The van der Waals surface area contributed by atoms with Gasteiger partial charge in [-0.1, -0.05) is 25.1 Å². The third-order valence-corrected chi connectivity index (χ3v) is 5.70. The van der Waals surface area contributed by atoms with Crippen molar-refractivity contribution in [3.63, 3.8) is 0 Å². The van der Waals surface area contributed by atoms with Gasteiger partial charge in [0.25, 0.3) is 0 Å². The average molecular weight is 308 g/mol. The lowest BCUT2D eigenvalue weighted by Gasteiger charge is -2.38. The number of hydrogen-bond donors (Lipinski definition) is 1. The van der Waals surface area contributed by atoms with E-state index in [0.717, 1.165) is 42.9 Å². The fourth-order valence-electron chi connectivity index (χ4n) is 3.21. The molecule has 1 spiro atoms. The van der Waals surface area contributed by atoms with E-state index in [1.54, 1.807) is 0 Å². The fraction of sp³-hybridized carbons (Fsp3) is 0.647. The van der Waals surface area contributed by atoms with Crippen molar-refractivity contribution in [2.24, 2.45) is 0 Å². The smallest absolute Gasteiger partial charge is 0.125 e. The van der Waals surface area contributed by atoms with Crippen LogP contribution in [0, 0.1) is 0 Å². The minimum absolute atomic E-state index is 0.0336. The Balaban J connectivity index is 1.71. The van der Waals surface area contributed by atoms with Crippen molar-refractivity contribution in [1.29, 1.82) is 0 Å². The zero-order chi connectivity index (χ0) is 14.7. The molecule has 3 nitrogen and oxygen atoms in total. The Morgan fingerprint density at radius 3 is 3.10 bits per heavy atom. The summed E-state index contributed by atoms with van der Waals surface area (Å²) < 4.78 is 12.3. The summed E-state index contributed by atoms with van der Waals surface area (Å²) >= 11 is 1.98. The summed E-state index contributed by atoms with van der Waals surface area (Å²) in [5.74, 6) is 3.11. The van der Waals surface area contributed by atoms with E-state index in [9.17, 15) is 5.11 Å². The summed E-state index contributed by atoms with van der Waals surface area (Å²) in [4.78, 5) is 0. The molecule has 2 heterocycles. The average Bonchev–Trinajstić information content (AvgIpc) is 2.95. The predicted molar refractivity (Wildman–Crippen MR) is 86.0 cm³/mol. The van der Waals surface area contributed by atoms with E-state index in [2.05, 4.69) is 0 Å². The SMILES string of the molecule is CC[C@@H](O)c1ccccc1OC1CCOC2(CCSC2)C1. The van der Waals surface area contributed by atoms with Crippen molar-refractivity contribution in [2.45, 2.75) is 50.4 Å². The normalized spacial score (nSPS) is 30.5. The standard InChI is InChI=1S/C17H24O3S/c1-2-15(18)14-5-3-4-6-16(14)20-13-7-9-19-17(11-13)8-10-21-12-17/h3-6,13,15,18H,2,7-12H2,1H3/t13?,15-,17?/m1/s1. The predicted octanol–water partition coefficient (Wildman–Crippen LogP) is 3.56. The van der Waals surface area contributed by atoms with E-state index in [1.807, 2.05) is 43.0 Å². The molecule has 21 heavy (non-hydrogen) atoms. The van der Waals surface area contributed by atoms with Crippen LogP contribution in [0.3, 0.4) is 0 Å². The van der Waals surface area contributed by atoms with Crippen LogP contribution in [0.2, 0.25) is 0 Å². The Labute approximate surface area is 131 Å². The Morgan fingerprint density at radius 1 is 1.48 bits per heavy atom. The van der Waals surface area contributed by atoms with Gasteiger partial charge in [-0.2, -0.15) is 11.8 Å². The summed E-state index contributed by atoms with van der Waals surface area (Å²) in [6.45, 7) is 2.77. The maximum atomic E-state index is 10.1. The van der Waals surface area contributed by atoms with Gasteiger partial charge in [0.05, 0.1) is 18.3 Å². The van der Waals surface area contributed by atoms with E-state index >= 15 is 0 Å². The van der Waals surface area contributed by atoms with Gasteiger partial charge in [-0.25, -0.2) is 0 Å². The van der Waals surface area contributed by atoms with E-state index < -0.39 is 6.10 Å². The molecule has 2 fully saturated rings. The third-order valence-electron chi connectivity index (χ3n) is 4.47. The van der Waals surface area contributed by atoms with Crippen LogP contribution in [-0.4, -0.2) is 34.9 Å². The Bertz CT molecular complexity index is 471. The van der Waals surface area contributed by atoms with Crippen molar-refractivity contribution in [2.75, 3.05) is 18.1 Å². The largest absolute Gasteiger partial charge is 0.490 e. The van der Waals surface area contributed by atoms with Crippen molar-refractivity contribution < 1.29 is 14.6 Å². The molecule has 2 aliphatic rings. The lowest BCUT2D eigenvalue weighted by molar-refractivity contribution is -0.0962. The molecule has 2 saturated heterocycles. The van der Waals surface area contributed by atoms with Crippen LogP contribution in [0.4, 0.5) is 0 Å². The zero-order valence-electron chi connectivity index (χ0n) is 12.6. The molecular weight excluding hydrogens is 284 g/mol. The molecule has 0 bridgehead atoms. The first-order valence-corrected chi connectivity index (χ1v) is 9.03. The first-order valence-electron chi connectivity index (χ1n) is 7.88. The molecule has 3 atom stereocenters. The molecule has 1 aromatic rings. The van der Waals surface area contributed by atoms with Gasteiger partial charge < -0.3 is 14.6 Å². The molecule has 116 valence electrons. The Kier molecular flexibility index (Phi) is 4.77. The molecule has 0 aromatic heterocycles. The highest BCUT2D eigenvalue weighted by Crippen LogP contribution is 2.40. The van der Waals surface area contributed by atoms with Crippen LogP contribution in [0.15, 0.2) is 24.3 Å². The highest BCUT2D eigenvalue weighted by molar-refractivity contribution is 7.99. The molecule has 2 unspecified atom stereocenters. The van der Waals surface area contributed by atoms with Crippen LogP contribution in [0.5, 0.6) is 5.75 Å². The monoisotopic (exact) mass is 308 g/mol. The number of thioether (sulfide) groups is 1. The molecule has 1 N–H and O–H groups in total. The highest BCUT2D eigenvalue weighted by Gasteiger charge is 2.41. The summed E-state index contributed by atoms with van der Waals surface area (Å²) in [6.07, 6.45) is 3.49. The van der Waals surface area contributed by atoms with Crippen LogP contribution in [0.1, 0.15) is 44.3 Å². The van der Waals surface area contributed by atoms with Gasteiger partial charge in [0.2, 0.25) is 0 Å². The van der Waals surface area contributed by atoms with Crippen LogP contribution < -0.4 is 4.74 Å². The lowest BCUT2D eigenvalue weighted by Crippen LogP contribution is -2.43. The van der Waals surface area contributed by atoms with Gasteiger partial charge in [0.1, 0.15) is 11.9 Å². The minimum atomic E-state index is -0.447. The topological polar surface area (TPSA) is 38.7 Å². The molecule has 4 heteroatoms. The zero-order valence-corrected chi connectivity index (χ0v) is 13.4. The van der Waals surface area contributed by atoms with Gasteiger partial charge in [-0.15, -0.1) is 0 Å². The van der Waals surface area contributed by atoms with Gasteiger partial charge in [-0.05, 0) is 24.7 Å². The molecule has 3 rings (SSSR count). The first kappa shape index (κ1) is 15.2. The van der Waals surface area contributed by atoms with Crippen LogP contribution in [-0.2, 0) is 4.74 Å². The maximum absolute atomic E-state index is 10.1. The van der Waals surface area contributed by atoms with Crippen LogP contribution in [0.25, 0.3) is 0 Å². The van der Waals surface area contributed by atoms with E-state index in [1.165, 1.54) is 5.75 Å². The van der Waals surface area contributed by atoms with Crippen molar-refractivity contribution in [3.05, 3.63) is 29.8 Å². The number of aliphatic hydroxyl groups excluding tert-OH is 1. The van der Waals surface area contributed by atoms with Crippen LogP contribution >= 0.6 is 11.8 Å². The fourth-order valence-corrected chi connectivity index (χ4v) is 4.59. The van der Waals surface area contributed by atoms with Crippen molar-refractivity contribution >= 4 is 11.8 Å². The van der Waals surface area contributed by atoms with Crippen molar-refractivity contribution in [1.82, 2.24) is 0 Å². The first-order chi connectivity index (χ1) is 10.2. The second-order valence-electron chi connectivity index (χ2n) is 6.03. The molecule has 1 aromatic carbocycles. The highest BCUT2D eigenvalue weighted by atomic mass is 32.2. The van der Waals surface area contributed by atoms with Gasteiger partial charge in [-0.3, -0.25) is 0 Å².